The molecule has 2 rings (SSSR count). The second-order valence-corrected chi connectivity index (χ2v) is 7.53. The van der Waals surface area contributed by atoms with Gasteiger partial charge in [-0.3, -0.25) is 4.79 Å². The number of thiophene rings is 1. The first-order valence-corrected chi connectivity index (χ1v) is 8.34. The van der Waals surface area contributed by atoms with E-state index in [1.165, 1.54) is 11.3 Å². The summed E-state index contributed by atoms with van der Waals surface area (Å²) >= 11 is 8.31. The number of carbonyl (C=O) groups is 1. The lowest BCUT2D eigenvalue weighted by atomic mass is 10.1. The Balaban J connectivity index is 2.04. The third kappa shape index (κ3) is 3.35. The van der Waals surface area contributed by atoms with Gasteiger partial charge in [-0.05, 0) is 51.3 Å². The Morgan fingerprint density at radius 1 is 1.61 bits per heavy atom. The highest BCUT2D eigenvalue weighted by Gasteiger charge is 2.23. The van der Waals surface area contributed by atoms with Crippen molar-refractivity contribution in [2.45, 2.75) is 13.3 Å². The molecule has 1 amide bonds. The number of carbonyl (C=O) groups excluding carboxylic acids is 1. The first-order chi connectivity index (χ1) is 8.61. The van der Waals surface area contributed by atoms with Crippen LogP contribution in [0.1, 0.15) is 23.0 Å². The third-order valence-electron chi connectivity index (χ3n) is 3.03. The molecule has 1 aliphatic heterocycles. The smallest absolute Gasteiger partial charge is 0.264 e. The SMILES string of the molecule is CCN(CC1CCOC1)C(=O)c1cc(Br)c(Br)s1. The zero-order valence-electron chi connectivity index (χ0n) is 10.1. The Labute approximate surface area is 128 Å². The molecule has 1 saturated heterocycles. The van der Waals surface area contributed by atoms with E-state index in [2.05, 4.69) is 31.9 Å². The maximum atomic E-state index is 12.4. The van der Waals surface area contributed by atoms with Crippen LogP contribution in [0, 0.1) is 5.92 Å². The summed E-state index contributed by atoms with van der Waals surface area (Å²) in [5, 5.41) is 0. The van der Waals surface area contributed by atoms with E-state index in [0.29, 0.717) is 5.92 Å². The molecule has 1 aromatic heterocycles. The molecule has 1 unspecified atom stereocenters. The van der Waals surface area contributed by atoms with Crippen molar-refractivity contribution in [2.24, 2.45) is 5.92 Å². The van der Waals surface area contributed by atoms with Crippen molar-refractivity contribution in [2.75, 3.05) is 26.3 Å². The van der Waals surface area contributed by atoms with Crippen LogP contribution in [-0.4, -0.2) is 37.1 Å². The largest absolute Gasteiger partial charge is 0.381 e. The van der Waals surface area contributed by atoms with Crippen LogP contribution in [0.3, 0.4) is 0 Å². The summed E-state index contributed by atoms with van der Waals surface area (Å²) in [7, 11) is 0. The van der Waals surface area contributed by atoms with E-state index in [9.17, 15) is 4.79 Å². The molecule has 0 N–H and O–H groups in total. The van der Waals surface area contributed by atoms with Gasteiger partial charge in [-0.15, -0.1) is 11.3 Å². The van der Waals surface area contributed by atoms with Crippen molar-refractivity contribution < 1.29 is 9.53 Å². The van der Waals surface area contributed by atoms with E-state index >= 15 is 0 Å². The summed E-state index contributed by atoms with van der Waals surface area (Å²) in [5.41, 5.74) is 0. The lowest BCUT2D eigenvalue weighted by Gasteiger charge is -2.23. The number of nitrogens with zero attached hydrogens (tertiary/aromatic N) is 1. The minimum atomic E-state index is 0.112. The predicted octanol–water partition coefficient (Wildman–Crippen LogP) is 3.77. The number of hydrogen-bond acceptors (Lipinski definition) is 3. The molecular weight excluding hydrogens is 382 g/mol. The predicted molar refractivity (Wildman–Crippen MR) is 80.2 cm³/mol. The molecule has 1 aromatic rings. The zero-order valence-corrected chi connectivity index (χ0v) is 14.1. The van der Waals surface area contributed by atoms with Crippen molar-refractivity contribution in [3.63, 3.8) is 0 Å². The van der Waals surface area contributed by atoms with Crippen LogP contribution >= 0.6 is 43.2 Å². The van der Waals surface area contributed by atoms with Crippen molar-refractivity contribution in [1.29, 1.82) is 0 Å². The normalized spacial score (nSPS) is 19.2. The number of ether oxygens (including phenoxy) is 1. The lowest BCUT2D eigenvalue weighted by molar-refractivity contribution is 0.0735. The fraction of sp³-hybridized carbons (Fsp3) is 0.583. The Morgan fingerprint density at radius 2 is 2.39 bits per heavy atom. The van der Waals surface area contributed by atoms with Crippen molar-refractivity contribution in [3.05, 3.63) is 19.2 Å². The Morgan fingerprint density at radius 3 is 2.89 bits per heavy atom. The standard InChI is InChI=1S/C12H15Br2NO2S/c1-2-15(6-8-3-4-17-7-8)12(16)10-5-9(13)11(14)18-10/h5,8H,2-4,6-7H2,1H3. The molecule has 0 bridgehead atoms. The van der Waals surface area contributed by atoms with Crippen LogP contribution in [0.25, 0.3) is 0 Å². The van der Waals surface area contributed by atoms with Gasteiger partial charge in [0.15, 0.2) is 0 Å². The number of hydrogen-bond donors (Lipinski definition) is 0. The molecule has 1 aliphatic rings. The zero-order chi connectivity index (χ0) is 13.1. The molecule has 100 valence electrons. The molecule has 1 fully saturated rings. The number of rotatable bonds is 4. The highest BCUT2D eigenvalue weighted by atomic mass is 79.9. The van der Waals surface area contributed by atoms with Crippen LogP contribution in [0.5, 0.6) is 0 Å². The van der Waals surface area contributed by atoms with Gasteiger partial charge in [-0.25, -0.2) is 0 Å². The average molecular weight is 397 g/mol. The summed E-state index contributed by atoms with van der Waals surface area (Å²) in [6.45, 7) is 5.16. The molecule has 0 saturated carbocycles. The van der Waals surface area contributed by atoms with E-state index < -0.39 is 0 Å². The molecule has 3 nitrogen and oxygen atoms in total. The van der Waals surface area contributed by atoms with E-state index in [0.717, 1.165) is 45.9 Å². The van der Waals surface area contributed by atoms with Crippen LogP contribution in [0.4, 0.5) is 0 Å². The summed E-state index contributed by atoms with van der Waals surface area (Å²) < 4.78 is 7.27. The van der Waals surface area contributed by atoms with Gasteiger partial charge >= 0.3 is 0 Å². The topological polar surface area (TPSA) is 29.5 Å². The van der Waals surface area contributed by atoms with Crippen molar-refractivity contribution in [3.8, 4) is 0 Å². The maximum absolute atomic E-state index is 12.4. The minimum Gasteiger partial charge on any atom is -0.381 e. The van der Waals surface area contributed by atoms with Crippen LogP contribution < -0.4 is 0 Å². The van der Waals surface area contributed by atoms with E-state index in [4.69, 9.17) is 4.74 Å². The molecule has 18 heavy (non-hydrogen) atoms. The summed E-state index contributed by atoms with van der Waals surface area (Å²) in [6, 6.07) is 1.88. The van der Waals surface area contributed by atoms with Gasteiger partial charge in [0.05, 0.1) is 15.3 Å². The van der Waals surface area contributed by atoms with Crippen LogP contribution in [0.2, 0.25) is 0 Å². The maximum Gasteiger partial charge on any atom is 0.264 e. The van der Waals surface area contributed by atoms with Gasteiger partial charge < -0.3 is 9.64 Å². The molecule has 0 radical (unpaired) electrons. The number of halogens is 2. The van der Waals surface area contributed by atoms with Crippen LogP contribution in [0.15, 0.2) is 14.3 Å². The summed E-state index contributed by atoms with van der Waals surface area (Å²) in [6.07, 6.45) is 1.06. The van der Waals surface area contributed by atoms with Gasteiger partial charge in [-0.1, -0.05) is 0 Å². The summed E-state index contributed by atoms with van der Waals surface area (Å²) in [4.78, 5) is 15.1. The molecule has 0 aromatic carbocycles. The first-order valence-electron chi connectivity index (χ1n) is 5.93. The molecule has 2 heterocycles. The van der Waals surface area contributed by atoms with Gasteiger partial charge in [-0.2, -0.15) is 0 Å². The van der Waals surface area contributed by atoms with Gasteiger partial charge in [0.1, 0.15) is 0 Å². The molecule has 1 atom stereocenters. The quantitative estimate of drug-likeness (QED) is 0.775. The molecule has 6 heteroatoms. The molecule has 0 aliphatic carbocycles. The lowest BCUT2D eigenvalue weighted by Crippen LogP contribution is -2.35. The van der Waals surface area contributed by atoms with Crippen molar-refractivity contribution >= 4 is 49.1 Å². The fourth-order valence-corrected chi connectivity index (χ4v) is 4.01. The van der Waals surface area contributed by atoms with E-state index in [-0.39, 0.29) is 5.91 Å². The average Bonchev–Trinajstić information content (AvgIpc) is 2.96. The highest BCUT2D eigenvalue weighted by molar-refractivity contribution is 9.13. The van der Waals surface area contributed by atoms with Crippen LogP contribution in [-0.2, 0) is 4.74 Å². The second-order valence-electron chi connectivity index (χ2n) is 4.31. The van der Waals surface area contributed by atoms with Gasteiger partial charge in [0.25, 0.3) is 5.91 Å². The Hall–Kier alpha value is 0.0900. The second kappa shape index (κ2) is 6.50. The molecular formula is C12H15Br2NO2S. The van der Waals surface area contributed by atoms with E-state index in [1.54, 1.807) is 0 Å². The minimum absolute atomic E-state index is 0.112. The number of amides is 1. The van der Waals surface area contributed by atoms with Crippen molar-refractivity contribution in [1.82, 2.24) is 4.90 Å². The Kier molecular flexibility index (Phi) is 5.24. The van der Waals surface area contributed by atoms with Gasteiger partial charge in [0.2, 0.25) is 0 Å². The van der Waals surface area contributed by atoms with E-state index in [1.807, 2.05) is 17.9 Å². The summed E-state index contributed by atoms with van der Waals surface area (Å²) in [5.74, 6) is 0.599. The first kappa shape index (κ1) is 14.5. The highest BCUT2D eigenvalue weighted by Crippen LogP contribution is 2.33. The Bertz CT molecular complexity index is 410. The fourth-order valence-electron chi connectivity index (χ4n) is 2.00. The molecule has 0 spiro atoms. The third-order valence-corrected chi connectivity index (χ3v) is 6.27. The van der Waals surface area contributed by atoms with Gasteiger partial charge in [0, 0.05) is 30.1 Å². The monoisotopic (exact) mass is 395 g/mol.